The highest BCUT2D eigenvalue weighted by molar-refractivity contribution is 9.10. The predicted molar refractivity (Wildman–Crippen MR) is 83.0 cm³/mol. The van der Waals surface area contributed by atoms with E-state index in [0.29, 0.717) is 10.2 Å². The number of carbonyl (C=O) groups is 1. The number of aromatic nitrogens is 1. The molecular formula is C11H12BrN3O5S2. The Morgan fingerprint density at radius 1 is 1.59 bits per heavy atom. The largest absolute Gasteiger partial charge is 0.367 e. The number of hydrogen-bond acceptors (Lipinski definition) is 7. The molecule has 11 heteroatoms. The minimum atomic E-state index is -3.99. The smallest absolute Gasteiger partial charge is 0.265 e. The van der Waals surface area contributed by atoms with Crippen molar-refractivity contribution in [3.8, 4) is 0 Å². The van der Waals surface area contributed by atoms with E-state index in [9.17, 15) is 13.2 Å². The molecule has 0 spiro atoms. The van der Waals surface area contributed by atoms with Gasteiger partial charge in [-0.1, -0.05) is 5.16 Å². The number of nitrogens with zero attached hydrogens (tertiary/aromatic N) is 1. The lowest BCUT2D eigenvalue weighted by Gasteiger charge is -2.12. The second-order valence-electron chi connectivity index (χ2n) is 4.18. The lowest BCUT2D eigenvalue weighted by molar-refractivity contribution is -0.127. The van der Waals surface area contributed by atoms with Crippen LogP contribution in [0.25, 0.3) is 0 Å². The molecule has 2 rings (SSSR count). The maximum atomic E-state index is 12.5. The molecule has 22 heavy (non-hydrogen) atoms. The predicted octanol–water partition coefficient (Wildman–Crippen LogP) is 1.78. The van der Waals surface area contributed by atoms with Crippen molar-refractivity contribution in [2.24, 2.45) is 5.73 Å². The van der Waals surface area contributed by atoms with E-state index in [1.807, 2.05) is 0 Å². The highest BCUT2D eigenvalue weighted by Crippen LogP contribution is 2.33. The average Bonchev–Trinajstić information content (AvgIpc) is 3.02. The van der Waals surface area contributed by atoms with Crippen LogP contribution in [0.2, 0.25) is 0 Å². The lowest BCUT2D eigenvalue weighted by Crippen LogP contribution is -2.24. The molecule has 2 aromatic heterocycles. The van der Waals surface area contributed by atoms with Gasteiger partial charge in [0, 0.05) is 7.11 Å². The molecule has 8 nitrogen and oxygen atoms in total. The summed E-state index contributed by atoms with van der Waals surface area (Å²) < 4.78 is 37.5. The van der Waals surface area contributed by atoms with Gasteiger partial charge in [0.2, 0.25) is 0 Å². The van der Waals surface area contributed by atoms with Gasteiger partial charge in [-0.05, 0) is 34.3 Å². The summed E-state index contributed by atoms with van der Waals surface area (Å²) in [5.41, 5.74) is 5.72. The van der Waals surface area contributed by atoms with Crippen molar-refractivity contribution in [3.63, 3.8) is 0 Å². The van der Waals surface area contributed by atoms with Gasteiger partial charge in [0.25, 0.3) is 21.8 Å². The van der Waals surface area contributed by atoms with Crippen LogP contribution in [-0.2, 0) is 19.6 Å². The van der Waals surface area contributed by atoms with Crippen molar-refractivity contribution in [1.29, 1.82) is 0 Å². The first-order valence-corrected chi connectivity index (χ1v) is 8.97. The zero-order valence-electron chi connectivity index (χ0n) is 11.5. The van der Waals surface area contributed by atoms with Gasteiger partial charge in [-0.15, -0.1) is 11.3 Å². The van der Waals surface area contributed by atoms with Crippen LogP contribution in [0.4, 0.5) is 5.88 Å². The van der Waals surface area contributed by atoms with Crippen LogP contribution in [0, 0.1) is 6.92 Å². The molecule has 0 aliphatic heterocycles. The van der Waals surface area contributed by atoms with Gasteiger partial charge in [0.05, 0.1) is 10.6 Å². The number of nitrogens with one attached hydrogen (secondary N) is 1. The molecule has 120 valence electrons. The summed E-state index contributed by atoms with van der Waals surface area (Å²) in [6.07, 6.45) is -1.15. The van der Waals surface area contributed by atoms with Crippen LogP contribution in [-0.4, -0.2) is 26.6 Å². The van der Waals surface area contributed by atoms with Crippen molar-refractivity contribution in [2.45, 2.75) is 17.9 Å². The minimum absolute atomic E-state index is 0.0531. The molecule has 0 saturated carbocycles. The second kappa shape index (κ2) is 6.36. The summed E-state index contributed by atoms with van der Waals surface area (Å²) in [5.74, 6) is -0.833. The molecule has 0 radical (unpaired) electrons. The standard InChI is InChI=1S/C11H12BrN3O5S2/c1-5-7(12)11(20-14-5)15-22(17,18)6-3-4-21-9(6)8(19-2)10(13)16/h3-4,8,15H,1-2H3,(H2,13,16). The summed E-state index contributed by atoms with van der Waals surface area (Å²) in [7, 11) is -2.72. The Bertz CT molecular complexity index is 799. The molecule has 3 N–H and O–H groups in total. The zero-order chi connectivity index (χ0) is 16.5. The van der Waals surface area contributed by atoms with Crippen molar-refractivity contribution >= 4 is 49.1 Å². The van der Waals surface area contributed by atoms with Crippen LogP contribution >= 0.6 is 27.3 Å². The maximum Gasteiger partial charge on any atom is 0.265 e. The number of ether oxygens (including phenoxy) is 1. The number of sulfonamides is 1. The number of anilines is 1. The Balaban J connectivity index is 2.41. The molecular weight excluding hydrogens is 398 g/mol. The van der Waals surface area contributed by atoms with Gasteiger partial charge in [0.1, 0.15) is 9.37 Å². The Hall–Kier alpha value is -1.43. The first-order valence-electron chi connectivity index (χ1n) is 5.82. The van der Waals surface area contributed by atoms with Gasteiger partial charge in [-0.2, -0.15) is 0 Å². The molecule has 0 aromatic carbocycles. The van der Waals surface area contributed by atoms with Crippen molar-refractivity contribution in [2.75, 3.05) is 11.8 Å². The molecule has 2 aromatic rings. The van der Waals surface area contributed by atoms with E-state index in [2.05, 4.69) is 25.8 Å². The van der Waals surface area contributed by atoms with Gasteiger partial charge >= 0.3 is 0 Å². The van der Waals surface area contributed by atoms with Crippen LogP contribution in [0.5, 0.6) is 0 Å². The first kappa shape index (κ1) is 16.9. The molecule has 1 amide bonds. The Morgan fingerprint density at radius 3 is 2.77 bits per heavy atom. The number of hydrogen-bond donors (Lipinski definition) is 2. The van der Waals surface area contributed by atoms with Crippen molar-refractivity contribution in [1.82, 2.24) is 5.16 Å². The number of methoxy groups -OCH3 is 1. The molecule has 2 heterocycles. The number of thiophene rings is 1. The summed E-state index contributed by atoms with van der Waals surface area (Å²) in [6.45, 7) is 1.65. The topological polar surface area (TPSA) is 125 Å². The summed E-state index contributed by atoms with van der Waals surface area (Å²) in [5, 5.41) is 5.17. The van der Waals surface area contributed by atoms with Crippen LogP contribution in [0.1, 0.15) is 16.7 Å². The monoisotopic (exact) mass is 409 g/mol. The lowest BCUT2D eigenvalue weighted by atomic mass is 10.3. The SMILES string of the molecule is COC(C(N)=O)c1sccc1S(=O)(=O)Nc1onc(C)c1Br. The van der Waals surface area contributed by atoms with E-state index >= 15 is 0 Å². The number of halogens is 1. The normalized spacial score (nSPS) is 13.0. The third-order valence-electron chi connectivity index (χ3n) is 2.70. The van der Waals surface area contributed by atoms with E-state index in [1.165, 1.54) is 18.6 Å². The number of amides is 1. The maximum absolute atomic E-state index is 12.5. The second-order valence-corrected chi connectivity index (χ2v) is 7.58. The van der Waals surface area contributed by atoms with Crippen molar-refractivity contribution in [3.05, 3.63) is 26.5 Å². The number of primary amides is 1. The van der Waals surface area contributed by atoms with E-state index in [1.54, 1.807) is 6.92 Å². The highest BCUT2D eigenvalue weighted by atomic mass is 79.9. The molecule has 0 aliphatic carbocycles. The third kappa shape index (κ3) is 3.16. The Labute approximate surface area is 138 Å². The fourth-order valence-corrected chi connectivity index (χ4v) is 4.59. The van der Waals surface area contributed by atoms with Gasteiger partial charge in [-0.3, -0.25) is 4.79 Å². The summed E-state index contributed by atoms with van der Waals surface area (Å²) in [6, 6.07) is 1.36. The molecule has 1 unspecified atom stereocenters. The van der Waals surface area contributed by atoms with Crippen LogP contribution in [0.3, 0.4) is 0 Å². The minimum Gasteiger partial charge on any atom is -0.367 e. The summed E-state index contributed by atoms with van der Waals surface area (Å²) in [4.78, 5) is 11.5. The summed E-state index contributed by atoms with van der Waals surface area (Å²) >= 11 is 4.23. The fourth-order valence-electron chi connectivity index (χ4n) is 1.67. The molecule has 0 saturated heterocycles. The van der Waals surface area contributed by atoms with E-state index in [-0.39, 0.29) is 15.7 Å². The number of rotatable bonds is 6. The Kier molecular flexibility index (Phi) is 4.90. The fraction of sp³-hybridized carbons (Fsp3) is 0.273. The third-order valence-corrected chi connectivity index (χ3v) is 6.11. The number of nitrogens with two attached hydrogens (primary N) is 1. The molecule has 0 aliphatic rings. The number of aryl methyl sites for hydroxylation is 1. The van der Waals surface area contributed by atoms with E-state index in [4.69, 9.17) is 15.0 Å². The van der Waals surface area contributed by atoms with Crippen LogP contribution in [0.15, 0.2) is 25.3 Å². The Morgan fingerprint density at radius 2 is 2.27 bits per heavy atom. The van der Waals surface area contributed by atoms with Crippen LogP contribution < -0.4 is 10.5 Å². The van der Waals surface area contributed by atoms with Gasteiger partial charge in [0.15, 0.2) is 6.10 Å². The quantitative estimate of drug-likeness (QED) is 0.748. The highest BCUT2D eigenvalue weighted by Gasteiger charge is 2.29. The number of carbonyl (C=O) groups excluding carboxylic acids is 1. The van der Waals surface area contributed by atoms with Crippen molar-refractivity contribution < 1.29 is 22.5 Å². The molecule has 0 fully saturated rings. The van der Waals surface area contributed by atoms with E-state index < -0.39 is 22.0 Å². The first-order chi connectivity index (χ1) is 10.3. The molecule has 0 bridgehead atoms. The van der Waals surface area contributed by atoms with Gasteiger partial charge in [-0.25, -0.2) is 13.1 Å². The average molecular weight is 410 g/mol. The van der Waals surface area contributed by atoms with Gasteiger partial charge < -0.3 is 15.0 Å². The molecule has 1 atom stereocenters. The van der Waals surface area contributed by atoms with E-state index in [0.717, 1.165) is 11.3 Å². The zero-order valence-corrected chi connectivity index (χ0v) is 14.7.